The Balaban J connectivity index is 2.20. The van der Waals surface area contributed by atoms with Crippen LogP contribution < -0.4 is 4.74 Å². The van der Waals surface area contributed by atoms with Gasteiger partial charge in [-0.25, -0.2) is 9.36 Å². The van der Waals surface area contributed by atoms with E-state index in [1.54, 1.807) is 23.8 Å². The summed E-state index contributed by atoms with van der Waals surface area (Å²) in [6, 6.07) is 16.7. The molecule has 0 amide bonds. The number of benzene rings is 2. The highest BCUT2D eigenvalue weighted by atomic mass is 16.6. The van der Waals surface area contributed by atoms with Crippen molar-refractivity contribution in [1.29, 1.82) is 5.26 Å². The van der Waals surface area contributed by atoms with Crippen molar-refractivity contribution >= 4 is 17.0 Å². The number of aromatic nitrogens is 1. The fourth-order valence-corrected chi connectivity index (χ4v) is 2.75. The molecule has 132 valence electrons. The number of rotatable bonds is 2. The number of carbonyl (C=O) groups excluding carboxylic acids is 1. The van der Waals surface area contributed by atoms with Crippen LogP contribution in [0, 0.1) is 11.3 Å². The third-order valence-corrected chi connectivity index (χ3v) is 3.89. The molecule has 2 aromatic carbocycles. The van der Waals surface area contributed by atoms with E-state index in [1.165, 1.54) is 0 Å². The average molecular weight is 348 g/mol. The van der Waals surface area contributed by atoms with Gasteiger partial charge in [-0.05, 0) is 62.7 Å². The molecule has 0 atom stereocenters. The molecule has 0 aliphatic heterocycles. The summed E-state index contributed by atoms with van der Waals surface area (Å²) >= 11 is 0. The Morgan fingerprint density at radius 2 is 1.77 bits per heavy atom. The van der Waals surface area contributed by atoms with Gasteiger partial charge in [-0.15, -0.1) is 0 Å². The summed E-state index contributed by atoms with van der Waals surface area (Å²) in [5, 5.41) is 9.87. The Morgan fingerprint density at radius 3 is 2.35 bits per heavy atom. The van der Waals surface area contributed by atoms with E-state index in [-0.39, 0.29) is 0 Å². The van der Waals surface area contributed by atoms with Gasteiger partial charge in [0.2, 0.25) is 0 Å². The van der Waals surface area contributed by atoms with E-state index in [9.17, 15) is 4.79 Å². The van der Waals surface area contributed by atoms with E-state index < -0.39 is 11.7 Å². The first kappa shape index (κ1) is 17.6. The quantitative estimate of drug-likeness (QED) is 0.656. The fourth-order valence-electron chi connectivity index (χ4n) is 2.75. The van der Waals surface area contributed by atoms with Gasteiger partial charge < -0.3 is 9.47 Å². The van der Waals surface area contributed by atoms with Crippen LogP contribution in [-0.4, -0.2) is 23.4 Å². The third kappa shape index (κ3) is 3.40. The van der Waals surface area contributed by atoms with Gasteiger partial charge in [0.25, 0.3) is 0 Å². The highest BCUT2D eigenvalue weighted by Crippen LogP contribution is 2.31. The summed E-state index contributed by atoms with van der Waals surface area (Å²) in [5.41, 5.74) is 2.22. The SMILES string of the molecule is COc1ccc2c(c1)cc(-c1ccc(C#N)cc1)n2C(=O)OC(C)(C)C. The predicted molar refractivity (Wildman–Crippen MR) is 100 cm³/mol. The molecular formula is C21H20N2O3. The lowest BCUT2D eigenvalue weighted by molar-refractivity contribution is 0.0547. The zero-order valence-electron chi connectivity index (χ0n) is 15.2. The molecule has 0 radical (unpaired) electrons. The van der Waals surface area contributed by atoms with E-state index >= 15 is 0 Å². The molecule has 0 fully saturated rings. The molecule has 3 aromatic rings. The molecule has 3 rings (SSSR count). The molecule has 1 heterocycles. The van der Waals surface area contributed by atoms with Crippen molar-refractivity contribution in [1.82, 2.24) is 4.57 Å². The maximum Gasteiger partial charge on any atom is 0.419 e. The number of hydrogen-bond acceptors (Lipinski definition) is 4. The molecule has 0 saturated carbocycles. The largest absolute Gasteiger partial charge is 0.497 e. The second-order valence-electron chi connectivity index (χ2n) is 6.96. The topological polar surface area (TPSA) is 64.2 Å². The Labute approximate surface area is 152 Å². The fraction of sp³-hybridized carbons (Fsp3) is 0.238. The number of fused-ring (bicyclic) bond motifs is 1. The number of nitrogens with zero attached hydrogens (tertiary/aromatic N) is 2. The Kier molecular flexibility index (Phi) is 4.43. The smallest absolute Gasteiger partial charge is 0.419 e. The van der Waals surface area contributed by atoms with Crippen molar-refractivity contribution in [2.75, 3.05) is 7.11 Å². The van der Waals surface area contributed by atoms with E-state index in [0.29, 0.717) is 17.0 Å². The molecule has 26 heavy (non-hydrogen) atoms. The van der Waals surface area contributed by atoms with Crippen molar-refractivity contribution in [2.24, 2.45) is 0 Å². The highest BCUT2D eigenvalue weighted by Gasteiger charge is 2.23. The number of methoxy groups -OCH3 is 1. The second kappa shape index (κ2) is 6.57. The first-order valence-electron chi connectivity index (χ1n) is 8.26. The minimum atomic E-state index is -0.609. The van der Waals surface area contributed by atoms with Gasteiger partial charge in [0.15, 0.2) is 0 Å². The van der Waals surface area contributed by atoms with Gasteiger partial charge >= 0.3 is 6.09 Å². The summed E-state index contributed by atoms with van der Waals surface area (Å²) in [7, 11) is 1.60. The third-order valence-electron chi connectivity index (χ3n) is 3.89. The van der Waals surface area contributed by atoms with Gasteiger partial charge in [0.1, 0.15) is 11.4 Å². The Morgan fingerprint density at radius 1 is 1.08 bits per heavy atom. The average Bonchev–Trinajstić information content (AvgIpc) is 2.98. The molecular weight excluding hydrogens is 328 g/mol. The summed E-state index contributed by atoms with van der Waals surface area (Å²) in [6.07, 6.45) is -0.447. The van der Waals surface area contributed by atoms with Crippen LogP contribution in [0.1, 0.15) is 26.3 Å². The molecule has 1 aromatic heterocycles. The van der Waals surface area contributed by atoms with Crippen LogP contribution >= 0.6 is 0 Å². The number of ether oxygens (including phenoxy) is 2. The maximum atomic E-state index is 12.9. The van der Waals surface area contributed by atoms with E-state index in [4.69, 9.17) is 14.7 Å². The molecule has 0 bridgehead atoms. The van der Waals surface area contributed by atoms with Crippen LogP contribution in [0.5, 0.6) is 5.75 Å². The standard InChI is InChI=1S/C21H20N2O3/c1-21(2,3)26-20(24)23-18-10-9-17(25-4)11-16(18)12-19(23)15-7-5-14(13-22)6-8-15/h5-12H,1-4H3. The molecule has 0 aliphatic carbocycles. The predicted octanol–water partition coefficient (Wildman–Crippen LogP) is 4.97. The lowest BCUT2D eigenvalue weighted by atomic mass is 10.1. The lowest BCUT2D eigenvalue weighted by Crippen LogP contribution is -2.27. The molecule has 0 saturated heterocycles. The van der Waals surface area contributed by atoms with E-state index in [0.717, 1.165) is 16.5 Å². The van der Waals surface area contributed by atoms with Crippen LogP contribution in [0.3, 0.4) is 0 Å². The zero-order chi connectivity index (χ0) is 18.9. The first-order chi connectivity index (χ1) is 12.3. The van der Waals surface area contributed by atoms with Gasteiger partial charge in [0.05, 0.1) is 30.0 Å². The van der Waals surface area contributed by atoms with Crippen LogP contribution in [-0.2, 0) is 4.74 Å². The second-order valence-corrected chi connectivity index (χ2v) is 6.96. The molecule has 5 nitrogen and oxygen atoms in total. The van der Waals surface area contributed by atoms with Crippen molar-refractivity contribution in [2.45, 2.75) is 26.4 Å². The minimum absolute atomic E-state index is 0.447. The lowest BCUT2D eigenvalue weighted by Gasteiger charge is -2.21. The van der Waals surface area contributed by atoms with Crippen LogP contribution in [0.2, 0.25) is 0 Å². The van der Waals surface area contributed by atoms with Crippen LogP contribution in [0.15, 0.2) is 48.5 Å². The van der Waals surface area contributed by atoms with Gasteiger partial charge in [-0.3, -0.25) is 0 Å². The Hall–Kier alpha value is -3.26. The monoisotopic (exact) mass is 348 g/mol. The number of carbonyl (C=O) groups is 1. The van der Waals surface area contributed by atoms with Crippen LogP contribution in [0.25, 0.3) is 22.2 Å². The summed E-state index contributed by atoms with van der Waals surface area (Å²) < 4.78 is 12.4. The highest BCUT2D eigenvalue weighted by molar-refractivity contribution is 5.96. The van der Waals surface area contributed by atoms with Crippen molar-refractivity contribution in [3.63, 3.8) is 0 Å². The number of nitriles is 1. The summed E-state index contributed by atoms with van der Waals surface area (Å²) in [5.74, 6) is 0.713. The molecule has 5 heteroatoms. The van der Waals surface area contributed by atoms with Crippen molar-refractivity contribution in [3.05, 3.63) is 54.1 Å². The molecule has 0 aliphatic rings. The Bertz CT molecular complexity index is 1000. The van der Waals surface area contributed by atoms with Crippen molar-refractivity contribution < 1.29 is 14.3 Å². The molecule has 0 spiro atoms. The first-order valence-corrected chi connectivity index (χ1v) is 8.26. The molecule has 0 unspecified atom stereocenters. The van der Waals surface area contributed by atoms with Gasteiger partial charge in [0, 0.05) is 5.39 Å². The van der Waals surface area contributed by atoms with Crippen LogP contribution in [0.4, 0.5) is 4.79 Å². The normalized spacial score (nSPS) is 11.2. The summed E-state index contributed by atoms with van der Waals surface area (Å²) in [4.78, 5) is 12.9. The maximum absolute atomic E-state index is 12.9. The van der Waals surface area contributed by atoms with Crippen molar-refractivity contribution in [3.8, 4) is 23.1 Å². The molecule has 0 N–H and O–H groups in total. The minimum Gasteiger partial charge on any atom is -0.497 e. The summed E-state index contributed by atoms with van der Waals surface area (Å²) in [6.45, 7) is 5.50. The zero-order valence-corrected chi connectivity index (χ0v) is 15.2. The van der Waals surface area contributed by atoms with E-state index in [2.05, 4.69) is 6.07 Å². The van der Waals surface area contributed by atoms with Gasteiger partial charge in [-0.1, -0.05) is 12.1 Å². The number of hydrogen-bond donors (Lipinski definition) is 0. The van der Waals surface area contributed by atoms with Gasteiger partial charge in [-0.2, -0.15) is 5.26 Å². The van der Waals surface area contributed by atoms with E-state index in [1.807, 2.05) is 57.2 Å².